The van der Waals surface area contributed by atoms with Gasteiger partial charge >= 0.3 is 107 Å². The zero-order chi connectivity index (χ0) is 11.5. The Bertz CT molecular complexity index is 506. The van der Waals surface area contributed by atoms with E-state index in [-0.39, 0.29) is 18.6 Å². The Kier molecular flexibility index (Phi) is 4.79. The molecule has 3 rings (SSSR count). The summed E-state index contributed by atoms with van der Waals surface area (Å²) in [6.45, 7) is 0.697. The zero-order valence-corrected chi connectivity index (χ0v) is 12.3. The van der Waals surface area contributed by atoms with E-state index in [0.717, 1.165) is 5.32 Å². The van der Waals surface area contributed by atoms with Crippen LogP contribution in [0.2, 0.25) is 5.32 Å². The van der Waals surface area contributed by atoms with Crippen molar-refractivity contribution < 1.29 is 21.7 Å². The van der Waals surface area contributed by atoms with Crippen LogP contribution >= 0.6 is 0 Å². The molecular weight excluding hydrogens is 313 g/mol. The van der Waals surface area contributed by atoms with Gasteiger partial charge in [0.1, 0.15) is 0 Å². The minimum absolute atomic E-state index is 0. The van der Waals surface area contributed by atoms with E-state index in [4.69, 9.17) is 4.74 Å². The Labute approximate surface area is 120 Å². The molecule has 1 unspecified atom stereocenters. The first-order valence-corrected chi connectivity index (χ1v) is 7.79. The topological polar surface area (TPSA) is 13.1 Å². The number of nitrogens with zero attached hydrogens (tertiary/aromatic N) is 1. The van der Waals surface area contributed by atoms with Crippen LogP contribution in [0.15, 0.2) is 54.7 Å². The van der Waals surface area contributed by atoms with Crippen molar-refractivity contribution >= 4 is 19.5 Å². The van der Waals surface area contributed by atoms with E-state index in [0.29, 0.717) is 21.6 Å². The van der Waals surface area contributed by atoms with Gasteiger partial charge in [0.2, 0.25) is 0 Å². The normalized spacial score (nSPS) is 17.0. The van der Waals surface area contributed by atoms with Crippen LogP contribution in [0, 0.1) is 0 Å². The molecule has 0 N–H and O–H groups in total. The second-order valence-corrected chi connectivity index (χ2v) is 6.19. The SMILES string of the molecule is [Cl-].c1ccc(COC2C[Se]c3cccc[n+]32)cc1. The fourth-order valence-electron chi connectivity index (χ4n) is 1.93. The van der Waals surface area contributed by atoms with Crippen LogP contribution < -0.4 is 21.6 Å². The molecule has 2 heterocycles. The summed E-state index contributed by atoms with van der Waals surface area (Å²) in [5.74, 6) is 0. The molecule has 1 aliphatic heterocycles. The maximum absolute atomic E-state index is 5.99. The van der Waals surface area contributed by atoms with Crippen molar-refractivity contribution in [1.82, 2.24) is 0 Å². The van der Waals surface area contributed by atoms with Crippen molar-refractivity contribution in [3.05, 3.63) is 60.3 Å². The first kappa shape index (κ1) is 13.6. The predicted octanol–water partition coefficient (Wildman–Crippen LogP) is -1.55. The van der Waals surface area contributed by atoms with E-state index in [1.807, 2.05) is 6.07 Å². The molecule has 94 valence electrons. The van der Waals surface area contributed by atoms with Crippen molar-refractivity contribution in [3.8, 4) is 0 Å². The van der Waals surface area contributed by atoms with E-state index in [1.54, 1.807) is 0 Å². The van der Waals surface area contributed by atoms with Crippen LogP contribution in [-0.4, -0.2) is 15.0 Å². The van der Waals surface area contributed by atoms with Gasteiger partial charge < -0.3 is 12.4 Å². The standard InChI is InChI=1S/C14H14NOSe.ClH/c1-2-6-12(7-3-1)10-16-13-11-17-14-8-4-5-9-15(13)14;/h1-9,13H,10-11H2;1H/q+1;/p-1. The van der Waals surface area contributed by atoms with Crippen molar-refractivity contribution in [1.29, 1.82) is 0 Å². The predicted molar refractivity (Wildman–Crippen MR) is 67.1 cm³/mol. The molecule has 4 heteroatoms. The van der Waals surface area contributed by atoms with Crippen LogP contribution in [-0.2, 0) is 11.3 Å². The molecular formula is C14H14ClNOSe. The number of aromatic nitrogens is 1. The van der Waals surface area contributed by atoms with Crippen molar-refractivity contribution in [3.63, 3.8) is 0 Å². The summed E-state index contributed by atoms with van der Waals surface area (Å²) in [6, 6.07) is 16.7. The number of hydrogen-bond acceptors (Lipinski definition) is 1. The second-order valence-electron chi connectivity index (χ2n) is 4.01. The second kappa shape index (κ2) is 6.35. The third kappa shape index (κ3) is 2.93. The van der Waals surface area contributed by atoms with Gasteiger partial charge in [-0.1, -0.05) is 0 Å². The molecule has 1 aliphatic rings. The van der Waals surface area contributed by atoms with E-state index < -0.39 is 0 Å². The summed E-state index contributed by atoms with van der Waals surface area (Å²) in [5, 5.41) is 1.14. The summed E-state index contributed by atoms with van der Waals surface area (Å²) in [7, 11) is 0. The number of fused-ring (bicyclic) bond motifs is 1. The molecule has 1 aromatic heterocycles. The Balaban J connectivity index is 0.00000120. The van der Waals surface area contributed by atoms with Crippen LogP contribution in [0.25, 0.3) is 0 Å². The molecule has 0 fully saturated rings. The van der Waals surface area contributed by atoms with Crippen molar-refractivity contribution in [2.45, 2.75) is 18.2 Å². The summed E-state index contributed by atoms with van der Waals surface area (Å²) >= 11 is 0.558. The average Bonchev–Trinajstić information content (AvgIpc) is 2.81. The number of ether oxygens (including phenoxy) is 1. The van der Waals surface area contributed by atoms with E-state index >= 15 is 0 Å². The van der Waals surface area contributed by atoms with E-state index in [9.17, 15) is 0 Å². The molecule has 2 nitrogen and oxygen atoms in total. The molecule has 0 saturated heterocycles. The van der Waals surface area contributed by atoms with Crippen molar-refractivity contribution in [2.75, 3.05) is 0 Å². The Hall–Kier alpha value is -0.861. The van der Waals surface area contributed by atoms with Gasteiger partial charge in [-0.05, 0) is 0 Å². The third-order valence-electron chi connectivity index (χ3n) is 2.82. The van der Waals surface area contributed by atoms with Gasteiger partial charge in [0.25, 0.3) is 0 Å². The fraction of sp³-hybridized carbons (Fsp3) is 0.214. The molecule has 1 aromatic carbocycles. The number of hydrogen-bond donors (Lipinski definition) is 0. The summed E-state index contributed by atoms with van der Waals surface area (Å²) in [5.41, 5.74) is 1.24. The summed E-state index contributed by atoms with van der Waals surface area (Å²) in [6.07, 6.45) is 2.35. The molecule has 0 amide bonds. The van der Waals surface area contributed by atoms with Crippen LogP contribution in [0.3, 0.4) is 0 Å². The molecule has 18 heavy (non-hydrogen) atoms. The number of pyridine rings is 1. The van der Waals surface area contributed by atoms with Gasteiger partial charge in [-0.25, -0.2) is 0 Å². The molecule has 2 aromatic rings. The van der Waals surface area contributed by atoms with Gasteiger partial charge in [0.05, 0.1) is 0 Å². The molecule has 0 spiro atoms. The number of benzene rings is 1. The zero-order valence-electron chi connectivity index (χ0n) is 9.83. The minimum atomic E-state index is 0. The summed E-state index contributed by atoms with van der Waals surface area (Å²) < 4.78 is 9.69. The van der Waals surface area contributed by atoms with Gasteiger partial charge in [-0.3, -0.25) is 0 Å². The van der Waals surface area contributed by atoms with Crippen LogP contribution in [0.5, 0.6) is 0 Å². The monoisotopic (exact) mass is 327 g/mol. The molecule has 1 atom stereocenters. The molecule has 0 aliphatic carbocycles. The quantitative estimate of drug-likeness (QED) is 0.492. The first-order chi connectivity index (χ1) is 8.43. The Morgan fingerprint density at radius 2 is 1.89 bits per heavy atom. The van der Waals surface area contributed by atoms with Crippen LogP contribution in [0.1, 0.15) is 11.8 Å². The molecule has 0 radical (unpaired) electrons. The Morgan fingerprint density at radius 3 is 2.72 bits per heavy atom. The molecule has 0 saturated carbocycles. The van der Waals surface area contributed by atoms with E-state index in [1.165, 1.54) is 10.2 Å². The van der Waals surface area contributed by atoms with Gasteiger partial charge in [0.15, 0.2) is 0 Å². The van der Waals surface area contributed by atoms with Crippen LogP contribution in [0.4, 0.5) is 0 Å². The van der Waals surface area contributed by atoms with Gasteiger partial charge in [-0.2, -0.15) is 0 Å². The average molecular weight is 327 g/mol. The van der Waals surface area contributed by atoms with Gasteiger partial charge in [-0.15, -0.1) is 0 Å². The van der Waals surface area contributed by atoms with Gasteiger partial charge in [0, 0.05) is 0 Å². The van der Waals surface area contributed by atoms with E-state index in [2.05, 4.69) is 53.2 Å². The number of halogens is 1. The third-order valence-corrected chi connectivity index (χ3v) is 5.12. The fourth-order valence-corrected chi connectivity index (χ4v) is 4.18. The van der Waals surface area contributed by atoms with Crippen molar-refractivity contribution in [2.24, 2.45) is 0 Å². The summed E-state index contributed by atoms with van der Waals surface area (Å²) in [4.78, 5) is 0. The first-order valence-electron chi connectivity index (χ1n) is 5.72. The number of rotatable bonds is 3. The molecule has 0 bridgehead atoms. The maximum atomic E-state index is 5.99. The Morgan fingerprint density at radius 1 is 1.11 bits per heavy atom.